The van der Waals surface area contributed by atoms with Crippen molar-refractivity contribution in [3.63, 3.8) is 0 Å². The Morgan fingerprint density at radius 3 is 1.59 bits per heavy atom. The number of aromatic nitrogens is 1. The van der Waals surface area contributed by atoms with E-state index < -0.39 is 10.0 Å². The Morgan fingerprint density at radius 1 is 0.882 bits per heavy atom. The predicted molar refractivity (Wildman–Crippen MR) is 62.1 cm³/mol. The first-order chi connectivity index (χ1) is 7.61. The van der Waals surface area contributed by atoms with Crippen molar-refractivity contribution in [2.75, 3.05) is 0 Å². The second-order valence-electron chi connectivity index (χ2n) is 2.88. The molecule has 2 rings (SSSR count). The summed E-state index contributed by atoms with van der Waals surface area (Å²) in [5.74, 6) is 0. The number of primary sulfonamides is 1. The van der Waals surface area contributed by atoms with Crippen LogP contribution < -0.4 is 5.14 Å². The molecule has 17 heavy (non-hydrogen) atoms. The fourth-order valence-electron chi connectivity index (χ4n) is 0.923. The van der Waals surface area contributed by atoms with Crippen molar-refractivity contribution in [1.82, 2.24) is 4.98 Å². The first kappa shape index (κ1) is 15.9. The van der Waals surface area contributed by atoms with E-state index in [2.05, 4.69) is 4.98 Å². The Labute approximate surface area is 114 Å². The van der Waals surface area contributed by atoms with Gasteiger partial charge in [-0.2, -0.15) is 0 Å². The molecule has 0 amide bonds. The van der Waals surface area contributed by atoms with Crippen molar-refractivity contribution in [2.45, 2.75) is 4.90 Å². The van der Waals surface area contributed by atoms with Gasteiger partial charge in [0.1, 0.15) is 0 Å². The van der Waals surface area contributed by atoms with Gasteiger partial charge in [0.25, 0.3) is 0 Å². The zero-order chi connectivity index (χ0) is 11.9. The molecule has 0 aliphatic carbocycles. The van der Waals surface area contributed by atoms with Crippen molar-refractivity contribution in [2.24, 2.45) is 5.14 Å². The number of hydrogen-bond donors (Lipinski definition) is 1. The third kappa shape index (κ3) is 6.97. The molecule has 0 unspecified atom stereocenters. The molecule has 0 aliphatic rings. The van der Waals surface area contributed by atoms with E-state index in [-0.39, 0.29) is 25.0 Å². The van der Waals surface area contributed by atoms with Crippen LogP contribution in [-0.4, -0.2) is 13.4 Å². The van der Waals surface area contributed by atoms with Gasteiger partial charge in [-0.3, -0.25) is 4.98 Å². The number of benzene rings is 1. The van der Waals surface area contributed by atoms with Crippen molar-refractivity contribution in [3.8, 4) is 0 Å². The Hall–Kier alpha value is -1.07. The molecule has 1 aromatic carbocycles. The predicted octanol–water partition coefficient (Wildman–Crippen LogP) is 1.41. The molecule has 0 saturated heterocycles. The number of hydrogen-bond acceptors (Lipinski definition) is 3. The normalized spacial score (nSPS) is 9.47. The fourth-order valence-corrected chi connectivity index (χ4v) is 1.46. The van der Waals surface area contributed by atoms with E-state index in [0.29, 0.717) is 0 Å². The molecular formula is C11H12IrN2O2S. The van der Waals surface area contributed by atoms with Crippen LogP contribution in [-0.2, 0) is 30.1 Å². The molecule has 0 aliphatic heterocycles. The SMILES string of the molecule is NS(=O)(=O)c1ccccc1.[Ir].c1ccncc1. The van der Waals surface area contributed by atoms with Crippen LogP contribution in [0.1, 0.15) is 0 Å². The molecule has 6 heteroatoms. The van der Waals surface area contributed by atoms with Gasteiger partial charge in [-0.05, 0) is 24.3 Å². The molecule has 0 saturated carbocycles. The molecule has 1 aromatic heterocycles. The van der Waals surface area contributed by atoms with Gasteiger partial charge in [0, 0.05) is 32.5 Å². The van der Waals surface area contributed by atoms with Crippen molar-refractivity contribution < 1.29 is 28.5 Å². The maximum Gasteiger partial charge on any atom is 0.238 e. The Balaban J connectivity index is 0.000000316. The van der Waals surface area contributed by atoms with Crippen LogP contribution in [0, 0.1) is 0 Å². The fraction of sp³-hybridized carbons (Fsp3) is 0. The van der Waals surface area contributed by atoms with Gasteiger partial charge in [0.2, 0.25) is 10.0 Å². The zero-order valence-electron chi connectivity index (χ0n) is 8.86. The van der Waals surface area contributed by atoms with Crippen molar-refractivity contribution in [1.29, 1.82) is 0 Å². The van der Waals surface area contributed by atoms with E-state index in [4.69, 9.17) is 5.14 Å². The third-order valence-electron chi connectivity index (χ3n) is 1.64. The summed E-state index contributed by atoms with van der Waals surface area (Å²) in [6, 6.07) is 13.6. The number of nitrogens with zero attached hydrogens (tertiary/aromatic N) is 1. The smallest absolute Gasteiger partial charge is 0.238 e. The molecule has 0 spiro atoms. The minimum absolute atomic E-state index is 0. The summed E-state index contributed by atoms with van der Waals surface area (Å²) in [7, 11) is -3.50. The van der Waals surface area contributed by atoms with Gasteiger partial charge in [-0.15, -0.1) is 0 Å². The van der Waals surface area contributed by atoms with E-state index in [0.717, 1.165) is 0 Å². The summed E-state index contributed by atoms with van der Waals surface area (Å²) in [5.41, 5.74) is 0. The molecule has 1 radical (unpaired) electrons. The van der Waals surface area contributed by atoms with E-state index in [1.165, 1.54) is 12.1 Å². The maximum absolute atomic E-state index is 10.6. The molecule has 0 atom stereocenters. The largest absolute Gasteiger partial charge is 0.265 e. The average Bonchev–Trinajstić information content (AvgIpc) is 2.32. The van der Waals surface area contributed by atoms with Gasteiger partial charge in [0.15, 0.2) is 0 Å². The molecule has 0 fully saturated rings. The summed E-state index contributed by atoms with van der Waals surface area (Å²) < 4.78 is 21.2. The Bertz CT molecular complexity index is 477. The van der Waals surface area contributed by atoms with E-state index in [1.54, 1.807) is 30.6 Å². The molecular weight excluding hydrogens is 416 g/mol. The molecule has 1 heterocycles. The molecule has 93 valence electrons. The summed E-state index contributed by atoms with van der Waals surface area (Å²) in [4.78, 5) is 3.93. The monoisotopic (exact) mass is 429 g/mol. The number of nitrogens with two attached hydrogens (primary N) is 1. The topological polar surface area (TPSA) is 73.1 Å². The molecule has 2 N–H and O–H groups in total. The summed E-state index contributed by atoms with van der Waals surface area (Å²) in [5, 5.41) is 4.83. The van der Waals surface area contributed by atoms with Gasteiger partial charge in [0.05, 0.1) is 4.90 Å². The quantitative estimate of drug-likeness (QED) is 0.747. The second kappa shape index (κ2) is 8.08. The minimum atomic E-state index is -3.50. The molecule has 2 aromatic rings. The summed E-state index contributed by atoms with van der Waals surface area (Å²) >= 11 is 0. The Morgan fingerprint density at radius 2 is 1.35 bits per heavy atom. The van der Waals surface area contributed by atoms with Crippen LogP contribution in [0.5, 0.6) is 0 Å². The molecule has 0 bridgehead atoms. The van der Waals surface area contributed by atoms with Crippen LogP contribution in [0.4, 0.5) is 0 Å². The second-order valence-corrected chi connectivity index (χ2v) is 4.44. The zero-order valence-corrected chi connectivity index (χ0v) is 12.1. The number of sulfonamides is 1. The summed E-state index contributed by atoms with van der Waals surface area (Å²) in [6.07, 6.45) is 3.50. The van der Waals surface area contributed by atoms with E-state index in [1.807, 2.05) is 18.2 Å². The van der Waals surface area contributed by atoms with Gasteiger partial charge in [-0.1, -0.05) is 24.3 Å². The average molecular weight is 429 g/mol. The van der Waals surface area contributed by atoms with Crippen LogP contribution >= 0.6 is 0 Å². The third-order valence-corrected chi connectivity index (χ3v) is 2.57. The van der Waals surface area contributed by atoms with Gasteiger partial charge >= 0.3 is 0 Å². The first-order valence-electron chi connectivity index (χ1n) is 4.53. The molecule has 4 nitrogen and oxygen atoms in total. The van der Waals surface area contributed by atoms with Crippen LogP contribution in [0.3, 0.4) is 0 Å². The minimum Gasteiger partial charge on any atom is -0.265 e. The maximum atomic E-state index is 10.6. The van der Waals surface area contributed by atoms with Gasteiger partial charge in [-0.25, -0.2) is 13.6 Å². The standard InChI is InChI=1S/C6H7NO2S.C5H5N.Ir/c7-10(8,9)6-4-2-1-3-5-6;1-2-4-6-5-3-1;/h1-5H,(H2,7,8,9);1-5H;. The van der Waals surface area contributed by atoms with Crippen molar-refractivity contribution >= 4 is 10.0 Å². The summed E-state index contributed by atoms with van der Waals surface area (Å²) in [6.45, 7) is 0. The van der Waals surface area contributed by atoms with Crippen LogP contribution in [0.25, 0.3) is 0 Å². The van der Waals surface area contributed by atoms with Crippen LogP contribution in [0.2, 0.25) is 0 Å². The first-order valence-corrected chi connectivity index (χ1v) is 6.08. The van der Waals surface area contributed by atoms with Gasteiger partial charge < -0.3 is 0 Å². The van der Waals surface area contributed by atoms with Crippen molar-refractivity contribution in [3.05, 3.63) is 60.9 Å². The Kier molecular flexibility index (Phi) is 7.57. The van der Waals surface area contributed by atoms with E-state index in [9.17, 15) is 8.42 Å². The van der Waals surface area contributed by atoms with E-state index >= 15 is 0 Å². The van der Waals surface area contributed by atoms with Crippen LogP contribution in [0.15, 0.2) is 65.8 Å². The number of rotatable bonds is 1. The number of pyridine rings is 1.